The van der Waals surface area contributed by atoms with Crippen molar-refractivity contribution in [3.8, 4) is 0 Å². The molecule has 1 fully saturated rings. The van der Waals surface area contributed by atoms with Gasteiger partial charge in [0.25, 0.3) is 0 Å². The second kappa shape index (κ2) is 11.5. The number of imidazole rings is 1. The van der Waals surface area contributed by atoms with Crippen molar-refractivity contribution in [3.63, 3.8) is 0 Å². The van der Waals surface area contributed by atoms with Crippen LogP contribution in [0, 0.1) is 0 Å². The van der Waals surface area contributed by atoms with Crippen molar-refractivity contribution in [1.82, 2.24) is 19.5 Å². The van der Waals surface area contributed by atoms with Crippen molar-refractivity contribution >= 4 is 39.6 Å². The van der Waals surface area contributed by atoms with Gasteiger partial charge in [0.1, 0.15) is 24.1 Å². The zero-order valence-corrected chi connectivity index (χ0v) is 28.7. The maximum atomic E-state index is 13.1. The first-order valence-electron chi connectivity index (χ1n) is 14.5. The molecule has 230 valence electrons. The van der Waals surface area contributed by atoms with Crippen LogP contribution in [0.2, 0.25) is 36.3 Å². The van der Waals surface area contributed by atoms with Crippen molar-refractivity contribution in [1.29, 1.82) is 0 Å². The van der Waals surface area contributed by atoms with E-state index >= 15 is 0 Å². The van der Waals surface area contributed by atoms with E-state index in [0.717, 1.165) is 0 Å². The van der Waals surface area contributed by atoms with Crippen LogP contribution < -0.4 is 5.73 Å². The molecule has 4 rings (SSSR count). The van der Waals surface area contributed by atoms with Gasteiger partial charge in [-0.05, 0) is 48.4 Å². The molecular formula is C30H47N5O5Si2. The minimum Gasteiger partial charge on any atom is -0.459 e. The summed E-state index contributed by atoms with van der Waals surface area (Å²) >= 11 is 0. The maximum absolute atomic E-state index is 13.1. The van der Waals surface area contributed by atoms with E-state index in [0.29, 0.717) is 29.0 Å². The van der Waals surface area contributed by atoms with Crippen LogP contribution in [0.15, 0.2) is 43.0 Å². The third-order valence-corrected chi connectivity index (χ3v) is 18.1. The van der Waals surface area contributed by atoms with Crippen LogP contribution in [0.5, 0.6) is 0 Å². The van der Waals surface area contributed by atoms with Gasteiger partial charge >= 0.3 is 5.97 Å². The second-order valence-corrected chi connectivity index (χ2v) is 24.0. The summed E-state index contributed by atoms with van der Waals surface area (Å²) in [5.41, 5.74) is 6.69. The van der Waals surface area contributed by atoms with Crippen LogP contribution in [-0.2, 0) is 18.3 Å². The number of ether oxygens (including phenoxy) is 2. The lowest BCUT2D eigenvalue weighted by Crippen LogP contribution is -2.49. The Hall–Kier alpha value is -2.65. The zero-order valence-electron chi connectivity index (χ0n) is 26.7. The average molecular weight is 614 g/mol. The maximum Gasteiger partial charge on any atom is 0.338 e. The van der Waals surface area contributed by atoms with Gasteiger partial charge in [-0.2, -0.15) is 0 Å². The molecule has 3 aromatic rings. The lowest BCUT2D eigenvalue weighted by molar-refractivity contribution is -0.126. The van der Waals surface area contributed by atoms with Gasteiger partial charge in [0, 0.05) is 6.42 Å². The van der Waals surface area contributed by atoms with Crippen LogP contribution in [0.4, 0.5) is 5.82 Å². The Labute approximate surface area is 251 Å². The molecule has 0 saturated carbocycles. The van der Waals surface area contributed by atoms with E-state index in [1.54, 1.807) is 18.5 Å². The molecule has 12 heteroatoms. The summed E-state index contributed by atoms with van der Waals surface area (Å²) in [6, 6.07) is 8.98. The van der Waals surface area contributed by atoms with Gasteiger partial charge in [-0.1, -0.05) is 59.7 Å². The Balaban J connectivity index is 1.74. The highest BCUT2D eigenvalue weighted by Gasteiger charge is 2.54. The first kappa shape index (κ1) is 32.3. The minimum atomic E-state index is -2.26. The van der Waals surface area contributed by atoms with E-state index in [9.17, 15) is 4.79 Å². The molecule has 0 aliphatic carbocycles. The number of nitrogens with two attached hydrogens (primary N) is 1. The van der Waals surface area contributed by atoms with Crippen LogP contribution in [0.25, 0.3) is 11.2 Å². The Morgan fingerprint density at radius 3 is 2.26 bits per heavy atom. The molecule has 1 aliphatic rings. The molecule has 2 aromatic heterocycles. The van der Waals surface area contributed by atoms with Gasteiger partial charge in [0.2, 0.25) is 0 Å². The molecule has 10 nitrogen and oxygen atoms in total. The molecule has 0 unspecified atom stereocenters. The van der Waals surface area contributed by atoms with Crippen LogP contribution in [0.1, 0.15) is 64.5 Å². The van der Waals surface area contributed by atoms with Crippen molar-refractivity contribution in [2.45, 2.75) is 102 Å². The van der Waals surface area contributed by atoms with Crippen molar-refractivity contribution in [2.24, 2.45) is 0 Å². The van der Waals surface area contributed by atoms with Crippen LogP contribution in [-0.4, -0.2) is 67.0 Å². The number of rotatable bonds is 9. The third kappa shape index (κ3) is 6.62. The fraction of sp³-hybridized carbons (Fsp3) is 0.600. The number of esters is 1. The summed E-state index contributed by atoms with van der Waals surface area (Å²) in [5.74, 6) is -0.118. The predicted molar refractivity (Wildman–Crippen MR) is 169 cm³/mol. The number of nitrogens with zero attached hydrogens (tertiary/aromatic N) is 4. The van der Waals surface area contributed by atoms with Crippen molar-refractivity contribution < 1.29 is 23.1 Å². The largest absolute Gasteiger partial charge is 0.459 e. The third-order valence-electron chi connectivity index (χ3n) is 9.15. The first-order chi connectivity index (χ1) is 19.4. The molecule has 0 amide bonds. The Kier molecular flexibility index (Phi) is 8.80. The number of benzene rings is 1. The standard InChI is InChI=1S/C30H47N5O5Si2/c1-28(2,3)41(7,8)38-18-30(17-37-27(36)21-14-12-11-13-15-21)16-22(40-42(9,10)29(4,5)6)26(39-30)35-20-34-23-24(31)32-19-33-25(23)35/h11-15,19-20,22,26H,16-18H2,1-10H3,(H2,31,32,33)/t22-,26-,30+/m1/s1. The Bertz CT molecular complexity index is 1400. The van der Waals surface area contributed by atoms with Gasteiger partial charge in [0.15, 0.2) is 34.3 Å². The lowest BCUT2D eigenvalue weighted by atomic mass is 10.0. The van der Waals surface area contributed by atoms with E-state index in [2.05, 4.69) is 82.7 Å². The van der Waals surface area contributed by atoms with Gasteiger partial charge < -0.3 is 24.1 Å². The van der Waals surface area contributed by atoms with Crippen molar-refractivity contribution in [2.75, 3.05) is 18.9 Å². The van der Waals surface area contributed by atoms with E-state index in [4.69, 9.17) is 24.1 Å². The predicted octanol–water partition coefficient (Wildman–Crippen LogP) is 6.34. The molecule has 2 N–H and O–H groups in total. The molecule has 1 aliphatic heterocycles. The molecule has 3 heterocycles. The highest BCUT2D eigenvalue weighted by Crippen LogP contribution is 2.46. The van der Waals surface area contributed by atoms with Crippen molar-refractivity contribution in [3.05, 3.63) is 48.5 Å². The fourth-order valence-electron chi connectivity index (χ4n) is 4.41. The number of carbonyl (C=O) groups is 1. The fourth-order valence-corrected chi connectivity index (χ4v) is 6.77. The van der Waals surface area contributed by atoms with E-state index < -0.39 is 34.4 Å². The normalized spacial score (nSPS) is 22.0. The second-order valence-electron chi connectivity index (χ2n) is 14.4. The number of anilines is 1. The number of carbonyl (C=O) groups excluding carboxylic acids is 1. The lowest BCUT2D eigenvalue weighted by Gasteiger charge is -2.40. The van der Waals surface area contributed by atoms with Gasteiger partial charge in [-0.3, -0.25) is 4.57 Å². The monoisotopic (exact) mass is 613 g/mol. The molecule has 0 bridgehead atoms. The van der Waals surface area contributed by atoms with E-state index in [1.807, 2.05) is 22.8 Å². The number of aromatic nitrogens is 4. The topological polar surface area (TPSA) is 124 Å². The Morgan fingerprint density at radius 2 is 1.64 bits per heavy atom. The van der Waals surface area contributed by atoms with Gasteiger partial charge in [0.05, 0.1) is 24.6 Å². The molecule has 3 atom stereocenters. The summed E-state index contributed by atoms with van der Waals surface area (Å²) in [7, 11) is -4.45. The van der Waals surface area contributed by atoms with Crippen LogP contribution in [0.3, 0.4) is 0 Å². The number of fused-ring (bicyclic) bond motifs is 1. The molecule has 0 radical (unpaired) electrons. The average Bonchev–Trinajstić information content (AvgIpc) is 3.48. The quantitative estimate of drug-likeness (QED) is 0.218. The van der Waals surface area contributed by atoms with Gasteiger partial charge in [-0.25, -0.2) is 19.7 Å². The molecular weight excluding hydrogens is 567 g/mol. The summed E-state index contributed by atoms with van der Waals surface area (Å²) in [6.45, 7) is 22.3. The minimum absolute atomic E-state index is 0.00691. The molecule has 1 aromatic carbocycles. The van der Waals surface area contributed by atoms with E-state index in [1.165, 1.54) is 6.33 Å². The molecule has 0 spiro atoms. The zero-order chi connectivity index (χ0) is 31.1. The smallest absolute Gasteiger partial charge is 0.338 e. The van der Waals surface area contributed by atoms with Gasteiger partial charge in [-0.15, -0.1) is 0 Å². The first-order valence-corrected chi connectivity index (χ1v) is 20.3. The molecule has 42 heavy (non-hydrogen) atoms. The SMILES string of the molecule is CC(C)(C)[Si](C)(C)OC[C@@]1(COC(=O)c2ccccc2)C[C@@H](O[Si](C)(C)C(C)(C)C)[C@H](n2cnc3c(N)ncnc32)O1. The number of hydrogen-bond acceptors (Lipinski definition) is 9. The summed E-state index contributed by atoms with van der Waals surface area (Å²) < 4.78 is 28.5. The highest BCUT2D eigenvalue weighted by atomic mass is 28.4. The van der Waals surface area contributed by atoms with E-state index in [-0.39, 0.29) is 29.4 Å². The Morgan fingerprint density at radius 1 is 1.00 bits per heavy atom. The number of hydrogen-bond donors (Lipinski definition) is 1. The summed E-state index contributed by atoms with van der Waals surface area (Å²) in [5, 5.41) is -0.0528. The number of nitrogen functional groups attached to an aromatic ring is 1. The van der Waals surface area contributed by atoms with Crippen LogP contribution >= 0.6 is 0 Å². The summed E-state index contributed by atoms with van der Waals surface area (Å²) in [6.07, 6.45) is 2.57. The highest BCUT2D eigenvalue weighted by molar-refractivity contribution is 6.74. The molecule has 1 saturated heterocycles. The summed E-state index contributed by atoms with van der Waals surface area (Å²) in [4.78, 5) is 26.2.